The van der Waals surface area contributed by atoms with Crippen LogP contribution in [0.3, 0.4) is 0 Å². The molecule has 5 heteroatoms. The molecule has 0 aliphatic carbocycles. The average molecular weight is 334 g/mol. The molecule has 0 bridgehead atoms. The summed E-state index contributed by atoms with van der Waals surface area (Å²) in [6, 6.07) is 8.15. The quantitative estimate of drug-likeness (QED) is 0.833. The van der Waals surface area contributed by atoms with Crippen LogP contribution in [0.4, 0.5) is 0 Å². The fourth-order valence-corrected chi connectivity index (χ4v) is 3.07. The Hall–Kier alpha value is -0.390. The summed E-state index contributed by atoms with van der Waals surface area (Å²) < 4.78 is 23.2. The van der Waals surface area contributed by atoms with Gasteiger partial charge in [0.15, 0.2) is 0 Å². The van der Waals surface area contributed by atoms with Gasteiger partial charge in [0.25, 0.3) is 0 Å². The number of sulfone groups is 1. The molecular formula is C13H20BrNO2S. The zero-order valence-corrected chi connectivity index (χ0v) is 13.0. The molecule has 0 heterocycles. The van der Waals surface area contributed by atoms with Gasteiger partial charge in [0.05, 0.1) is 0 Å². The third kappa shape index (κ3) is 6.52. The van der Waals surface area contributed by atoms with Crippen molar-refractivity contribution >= 4 is 25.8 Å². The Labute approximate surface area is 118 Å². The van der Waals surface area contributed by atoms with E-state index in [0.717, 1.165) is 17.3 Å². The maximum Gasteiger partial charge on any atom is 0.147 e. The van der Waals surface area contributed by atoms with Crippen LogP contribution in [0.2, 0.25) is 0 Å². The number of hydrogen-bond acceptors (Lipinski definition) is 3. The number of halogens is 1. The van der Waals surface area contributed by atoms with Gasteiger partial charge in [-0.3, -0.25) is 0 Å². The van der Waals surface area contributed by atoms with Gasteiger partial charge in [0.1, 0.15) is 9.84 Å². The molecular weight excluding hydrogens is 314 g/mol. The zero-order valence-electron chi connectivity index (χ0n) is 10.6. The SMILES string of the molecule is CS(=O)(=O)CCCC(CN)Cc1cccc(Br)c1. The van der Waals surface area contributed by atoms with Gasteiger partial charge in [-0.15, -0.1) is 0 Å². The summed E-state index contributed by atoms with van der Waals surface area (Å²) in [5.74, 6) is 0.600. The monoisotopic (exact) mass is 333 g/mol. The third-order valence-corrected chi connectivity index (χ3v) is 4.40. The summed E-state index contributed by atoms with van der Waals surface area (Å²) in [6.07, 6.45) is 3.73. The second kappa shape index (κ2) is 7.26. The summed E-state index contributed by atoms with van der Waals surface area (Å²) in [4.78, 5) is 0. The highest BCUT2D eigenvalue weighted by molar-refractivity contribution is 9.10. The van der Waals surface area contributed by atoms with Crippen molar-refractivity contribution in [2.45, 2.75) is 19.3 Å². The lowest BCUT2D eigenvalue weighted by Gasteiger charge is -2.14. The van der Waals surface area contributed by atoms with Crippen molar-refractivity contribution in [1.82, 2.24) is 0 Å². The largest absolute Gasteiger partial charge is 0.330 e. The third-order valence-electron chi connectivity index (χ3n) is 2.87. The maximum atomic E-state index is 11.1. The van der Waals surface area contributed by atoms with Gasteiger partial charge in [0, 0.05) is 16.5 Å². The lowest BCUT2D eigenvalue weighted by molar-refractivity contribution is 0.486. The second-order valence-electron chi connectivity index (χ2n) is 4.71. The van der Waals surface area contributed by atoms with Gasteiger partial charge in [0.2, 0.25) is 0 Å². The van der Waals surface area contributed by atoms with E-state index in [1.165, 1.54) is 11.8 Å². The van der Waals surface area contributed by atoms with Crippen LogP contribution in [0.25, 0.3) is 0 Å². The Morgan fingerprint density at radius 1 is 1.39 bits per heavy atom. The Balaban J connectivity index is 2.47. The van der Waals surface area contributed by atoms with Crippen molar-refractivity contribution < 1.29 is 8.42 Å². The van der Waals surface area contributed by atoms with Crippen LogP contribution in [0, 0.1) is 5.92 Å². The number of nitrogens with two attached hydrogens (primary N) is 1. The first kappa shape index (κ1) is 15.7. The van der Waals surface area contributed by atoms with Crippen molar-refractivity contribution in [2.24, 2.45) is 11.7 Å². The number of rotatable bonds is 7. The molecule has 0 saturated carbocycles. The van der Waals surface area contributed by atoms with Gasteiger partial charge in [-0.1, -0.05) is 28.1 Å². The van der Waals surface area contributed by atoms with E-state index < -0.39 is 9.84 Å². The minimum Gasteiger partial charge on any atom is -0.330 e. The predicted molar refractivity (Wildman–Crippen MR) is 79.3 cm³/mol. The van der Waals surface area contributed by atoms with Gasteiger partial charge >= 0.3 is 0 Å². The topological polar surface area (TPSA) is 60.2 Å². The number of benzene rings is 1. The summed E-state index contributed by atoms with van der Waals surface area (Å²) in [6.45, 7) is 0.594. The maximum absolute atomic E-state index is 11.1. The van der Waals surface area contributed by atoms with Crippen molar-refractivity contribution in [3.05, 3.63) is 34.3 Å². The van der Waals surface area contributed by atoms with E-state index in [9.17, 15) is 8.42 Å². The smallest absolute Gasteiger partial charge is 0.147 e. The highest BCUT2D eigenvalue weighted by Gasteiger charge is 2.10. The molecule has 1 unspecified atom stereocenters. The lowest BCUT2D eigenvalue weighted by atomic mass is 9.95. The predicted octanol–water partition coefficient (Wildman–Crippen LogP) is 2.39. The van der Waals surface area contributed by atoms with Crippen molar-refractivity contribution in [1.29, 1.82) is 0 Å². The standard InChI is InChI=1S/C13H20BrNO2S/c1-18(16,17)7-3-5-12(10-15)8-11-4-2-6-13(14)9-11/h2,4,6,9,12H,3,5,7-8,10,15H2,1H3. The molecule has 1 aromatic rings. The minimum atomic E-state index is -2.86. The molecule has 18 heavy (non-hydrogen) atoms. The van der Waals surface area contributed by atoms with E-state index in [1.54, 1.807) is 0 Å². The van der Waals surface area contributed by atoms with Crippen LogP contribution in [0.15, 0.2) is 28.7 Å². The Morgan fingerprint density at radius 3 is 2.67 bits per heavy atom. The molecule has 0 amide bonds. The van der Waals surface area contributed by atoms with Crippen molar-refractivity contribution in [3.8, 4) is 0 Å². The summed E-state index contributed by atoms with van der Waals surface area (Å²) >= 11 is 3.44. The van der Waals surface area contributed by atoms with Gasteiger partial charge in [-0.05, 0) is 49.4 Å². The first-order chi connectivity index (χ1) is 8.40. The second-order valence-corrected chi connectivity index (χ2v) is 7.88. The van der Waals surface area contributed by atoms with Crippen LogP contribution < -0.4 is 5.73 Å². The van der Waals surface area contributed by atoms with Gasteiger partial charge < -0.3 is 5.73 Å². The molecule has 1 atom stereocenters. The Morgan fingerprint density at radius 2 is 2.11 bits per heavy atom. The lowest BCUT2D eigenvalue weighted by Crippen LogP contribution is -2.18. The molecule has 3 nitrogen and oxygen atoms in total. The van der Waals surface area contributed by atoms with Crippen LogP contribution in [0.1, 0.15) is 18.4 Å². The normalized spacial score (nSPS) is 13.5. The first-order valence-electron chi connectivity index (χ1n) is 6.03. The van der Waals surface area contributed by atoms with Crippen LogP contribution in [0.5, 0.6) is 0 Å². The number of hydrogen-bond donors (Lipinski definition) is 1. The first-order valence-corrected chi connectivity index (χ1v) is 8.88. The fourth-order valence-electron chi connectivity index (χ4n) is 1.93. The Bertz CT molecular complexity index is 474. The van der Waals surface area contributed by atoms with E-state index >= 15 is 0 Å². The molecule has 0 fully saturated rings. The Kier molecular flexibility index (Phi) is 6.32. The van der Waals surface area contributed by atoms with E-state index in [1.807, 2.05) is 12.1 Å². The van der Waals surface area contributed by atoms with Gasteiger partial charge in [-0.25, -0.2) is 8.42 Å². The van der Waals surface area contributed by atoms with Crippen LogP contribution >= 0.6 is 15.9 Å². The van der Waals surface area contributed by atoms with E-state index in [2.05, 4.69) is 28.1 Å². The van der Waals surface area contributed by atoms with E-state index in [0.29, 0.717) is 18.9 Å². The highest BCUT2D eigenvalue weighted by Crippen LogP contribution is 2.17. The fraction of sp³-hybridized carbons (Fsp3) is 0.538. The molecule has 1 aromatic carbocycles. The summed E-state index contributed by atoms with van der Waals surface area (Å²) in [5.41, 5.74) is 6.98. The van der Waals surface area contributed by atoms with Crippen molar-refractivity contribution in [2.75, 3.05) is 18.6 Å². The highest BCUT2D eigenvalue weighted by atomic mass is 79.9. The molecule has 102 valence electrons. The van der Waals surface area contributed by atoms with Gasteiger partial charge in [-0.2, -0.15) is 0 Å². The van der Waals surface area contributed by atoms with Crippen LogP contribution in [-0.4, -0.2) is 27.0 Å². The molecule has 0 aromatic heterocycles. The molecule has 2 N–H and O–H groups in total. The molecule has 0 radical (unpaired) electrons. The van der Waals surface area contributed by atoms with Crippen LogP contribution in [-0.2, 0) is 16.3 Å². The summed E-state index contributed by atoms with van der Waals surface area (Å²) in [5, 5.41) is 0. The molecule has 0 aliphatic rings. The minimum absolute atomic E-state index is 0.252. The van der Waals surface area contributed by atoms with E-state index in [4.69, 9.17) is 5.73 Å². The van der Waals surface area contributed by atoms with E-state index in [-0.39, 0.29) is 5.75 Å². The molecule has 0 spiro atoms. The zero-order chi connectivity index (χ0) is 13.6. The molecule has 0 saturated heterocycles. The molecule has 1 rings (SSSR count). The summed E-state index contributed by atoms with van der Waals surface area (Å²) in [7, 11) is -2.86. The molecule has 0 aliphatic heterocycles. The van der Waals surface area contributed by atoms with Crippen molar-refractivity contribution in [3.63, 3.8) is 0 Å². The average Bonchev–Trinajstić information content (AvgIpc) is 2.26.